The molecule has 0 spiro atoms. The molecule has 1 fully saturated rings. The van der Waals surface area contributed by atoms with E-state index in [1.54, 1.807) is 0 Å². The molecule has 1 aliphatic rings. The molecule has 19 heavy (non-hydrogen) atoms. The predicted octanol–water partition coefficient (Wildman–Crippen LogP) is 1.97. The van der Waals surface area contributed by atoms with Gasteiger partial charge in [-0.25, -0.2) is 0 Å². The Hall–Kier alpha value is -0.940. The first-order valence-corrected chi connectivity index (χ1v) is 7.54. The van der Waals surface area contributed by atoms with Crippen LogP contribution in [-0.2, 0) is 13.0 Å². The van der Waals surface area contributed by atoms with E-state index in [1.807, 2.05) is 0 Å². The number of aromatic nitrogens is 2. The lowest BCUT2D eigenvalue weighted by atomic mass is 10.0. The largest absolute Gasteiger partial charge is 0.339 e. The van der Waals surface area contributed by atoms with Gasteiger partial charge in [0.2, 0.25) is 5.89 Å². The lowest BCUT2D eigenvalue weighted by Crippen LogP contribution is -2.40. The quantitative estimate of drug-likeness (QED) is 0.817. The van der Waals surface area contributed by atoms with Gasteiger partial charge in [-0.15, -0.1) is 0 Å². The van der Waals surface area contributed by atoms with Crippen molar-refractivity contribution in [3.8, 4) is 0 Å². The first-order valence-electron chi connectivity index (χ1n) is 7.54. The molecule has 1 saturated carbocycles. The fraction of sp³-hybridized carbons (Fsp3) is 0.857. The van der Waals surface area contributed by atoms with Crippen molar-refractivity contribution in [1.29, 1.82) is 0 Å². The molecule has 1 heterocycles. The summed E-state index contributed by atoms with van der Waals surface area (Å²) in [5.41, 5.74) is 5.88. The van der Waals surface area contributed by atoms with Crippen LogP contribution < -0.4 is 5.73 Å². The van der Waals surface area contributed by atoms with Crippen LogP contribution in [0.4, 0.5) is 0 Å². The highest BCUT2D eigenvalue weighted by Gasteiger charge is 2.31. The molecule has 0 aromatic carbocycles. The van der Waals surface area contributed by atoms with Gasteiger partial charge in [0.05, 0.1) is 6.54 Å². The van der Waals surface area contributed by atoms with Crippen molar-refractivity contribution in [2.24, 2.45) is 11.7 Å². The van der Waals surface area contributed by atoms with E-state index in [0.29, 0.717) is 12.0 Å². The third-order valence-electron chi connectivity index (χ3n) is 4.12. The van der Waals surface area contributed by atoms with Gasteiger partial charge < -0.3 is 10.3 Å². The zero-order valence-corrected chi connectivity index (χ0v) is 12.1. The Kier molecular flexibility index (Phi) is 5.34. The fourth-order valence-corrected chi connectivity index (χ4v) is 3.09. The summed E-state index contributed by atoms with van der Waals surface area (Å²) in [5, 5.41) is 4.09. The minimum Gasteiger partial charge on any atom is -0.339 e. The van der Waals surface area contributed by atoms with Crippen molar-refractivity contribution in [3.63, 3.8) is 0 Å². The van der Waals surface area contributed by atoms with Crippen LogP contribution in [0.25, 0.3) is 0 Å². The fourth-order valence-electron chi connectivity index (χ4n) is 3.09. The number of hydrogen-bond acceptors (Lipinski definition) is 5. The van der Waals surface area contributed by atoms with Gasteiger partial charge >= 0.3 is 0 Å². The van der Waals surface area contributed by atoms with E-state index in [2.05, 4.69) is 28.9 Å². The molecule has 2 N–H and O–H groups in total. The summed E-state index contributed by atoms with van der Waals surface area (Å²) in [6.45, 7) is 6.89. The van der Waals surface area contributed by atoms with Crippen molar-refractivity contribution in [2.45, 2.75) is 58.5 Å². The summed E-state index contributed by atoms with van der Waals surface area (Å²) in [6, 6.07) is 0.586. The third kappa shape index (κ3) is 3.54. The molecule has 1 aromatic heterocycles. The summed E-state index contributed by atoms with van der Waals surface area (Å²) >= 11 is 0. The van der Waals surface area contributed by atoms with Gasteiger partial charge in [-0.2, -0.15) is 4.98 Å². The maximum absolute atomic E-state index is 5.88. The monoisotopic (exact) mass is 266 g/mol. The standard InChI is InChI=1S/C14H26N4O/c1-3-6-14-16-13(17-19-14)10-18(4-2)12-8-5-7-11(12)9-15/h11-12H,3-10,15H2,1-2H3. The number of nitrogens with two attached hydrogens (primary N) is 1. The highest BCUT2D eigenvalue weighted by Crippen LogP contribution is 2.29. The van der Waals surface area contributed by atoms with Gasteiger partial charge in [0, 0.05) is 12.5 Å². The minimum absolute atomic E-state index is 0.586. The normalized spacial score (nSPS) is 23.4. The Balaban J connectivity index is 1.97. The zero-order chi connectivity index (χ0) is 13.7. The van der Waals surface area contributed by atoms with E-state index in [4.69, 9.17) is 10.3 Å². The van der Waals surface area contributed by atoms with Crippen LogP contribution in [0.2, 0.25) is 0 Å². The molecular formula is C14H26N4O. The Bertz CT molecular complexity index is 379. The maximum Gasteiger partial charge on any atom is 0.226 e. The number of rotatable bonds is 7. The second kappa shape index (κ2) is 7.01. The Morgan fingerprint density at radius 1 is 1.37 bits per heavy atom. The molecule has 0 aliphatic heterocycles. The van der Waals surface area contributed by atoms with Gasteiger partial charge in [0.1, 0.15) is 0 Å². The van der Waals surface area contributed by atoms with Crippen molar-refractivity contribution in [2.75, 3.05) is 13.1 Å². The second-order valence-corrected chi connectivity index (χ2v) is 5.41. The number of hydrogen-bond donors (Lipinski definition) is 1. The summed E-state index contributed by atoms with van der Waals surface area (Å²) in [7, 11) is 0. The minimum atomic E-state index is 0.586. The van der Waals surface area contributed by atoms with Crippen LogP contribution in [0.5, 0.6) is 0 Å². The third-order valence-corrected chi connectivity index (χ3v) is 4.12. The van der Waals surface area contributed by atoms with E-state index >= 15 is 0 Å². The first kappa shape index (κ1) is 14.5. The lowest BCUT2D eigenvalue weighted by molar-refractivity contribution is 0.156. The summed E-state index contributed by atoms with van der Waals surface area (Å²) in [6.07, 6.45) is 5.70. The highest BCUT2D eigenvalue weighted by atomic mass is 16.5. The van der Waals surface area contributed by atoms with Crippen molar-refractivity contribution >= 4 is 0 Å². The molecule has 0 radical (unpaired) electrons. The molecule has 1 aromatic rings. The van der Waals surface area contributed by atoms with Gasteiger partial charge in [-0.05, 0) is 38.3 Å². The smallest absolute Gasteiger partial charge is 0.226 e. The average molecular weight is 266 g/mol. The molecule has 5 nitrogen and oxygen atoms in total. The predicted molar refractivity (Wildman–Crippen MR) is 74.6 cm³/mol. The van der Waals surface area contributed by atoms with E-state index < -0.39 is 0 Å². The van der Waals surface area contributed by atoms with Crippen molar-refractivity contribution < 1.29 is 4.52 Å². The molecule has 108 valence electrons. The van der Waals surface area contributed by atoms with E-state index in [0.717, 1.165) is 44.2 Å². The van der Waals surface area contributed by atoms with Crippen LogP contribution in [0.1, 0.15) is 51.2 Å². The maximum atomic E-state index is 5.88. The second-order valence-electron chi connectivity index (χ2n) is 5.41. The molecule has 2 unspecified atom stereocenters. The Morgan fingerprint density at radius 2 is 2.21 bits per heavy atom. The van der Waals surface area contributed by atoms with E-state index in [9.17, 15) is 0 Å². The molecule has 0 bridgehead atoms. The average Bonchev–Trinajstić information content (AvgIpc) is 3.05. The van der Waals surface area contributed by atoms with Crippen molar-refractivity contribution in [1.82, 2.24) is 15.0 Å². The molecule has 0 saturated heterocycles. The summed E-state index contributed by atoms with van der Waals surface area (Å²) in [5.74, 6) is 2.20. The molecule has 0 amide bonds. The van der Waals surface area contributed by atoms with Crippen LogP contribution in [0, 0.1) is 5.92 Å². The van der Waals surface area contributed by atoms with Gasteiger partial charge in [0.25, 0.3) is 0 Å². The number of aryl methyl sites for hydroxylation is 1. The highest BCUT2D eigenvalue weighted by molar-refractivity contribution is 4.91. The van der Waals surface area contributed by atoms with Gasteiger partial charge in [-0.3, -0.25) is 4.90 Å². The molecular weight excluding hydrogens is 240 g/mol. The van der Waals surface area contributed by atoms with E-state index in [-0.39, 0.29) is 0 Å². The zero-order valence-electron chi connectivity index (χ0n) is 12.1. The van der Waals surface area contributed by atoms with Crippen LogP contribution >= 0.6 is 0 Å². The molecule has 2 atom stereocenters. The van der Waals surface area contributed by atoms with Crippen LogP contribution in [0.15, 0.2) is 4.52 Å². The summed E-state index contributed by atoms with van der Waals surface area (Å²) < 4.78 is 5.25. The molecule has 1 aliphatic carbocycles. The molecule has 2 rings (SSSR count). The molecule has 5 heteroatoms. The topological polar surface area (TPSA) is 68.2 Å². The number of nitrogens with zero attached hydrogens (tertiary/aromatic N) is 3. The Labute approximate surface area is 115 Å². The van der Waals surface area contributed by atoms with Gasteiger partial charge in [0.15, 0.2) is 5.82 Å². The summed E-state index contributed by atoms with van der Waals surface area (Å²) in [4.78, 5) is 6.91. The lowest BCUT2D eigenvalue weighted by Gasteiger charge is -2.30. The first-order chi connectivity index (χ1) is 9.28. The van der Waals surface area contributed by atoms with Crippen LogP contribution in [-0.4, -0.2) is 34.2 Å². The van der Waals surface area contributed by atoms with Crippen molar-refractivity contribution in [3.05, 3.63) is 11.7 Å². The SMILES string of the molecule is CCCc1nc(CN(CC)C2CCCC2CN)no1. The van der Waals surface area contributed by atoms with E-state index in [1.165, 1.54) is 19.3 Å². The van der Waals surface area contributed by atoms with Crippen LogP contribution in [0.3, 0.4) is 0 Å². The Morgan fingerprint density at radius 3 is 2.89 bits per heavy atom. The van der Waals surface area contributed by atoms with Gasteiger partial charge in [-0.1, -0.05) is 25.4 Å².